The van der Waals surface area contributed by atoms with Gasteiger partial charge in [-0.15, -0.1) is 0 Å². The Balaban J connectivity index is 2.35. The molecule has 0 unspecified atom stereocenters. The van der Waals surface area contributed by atoms with E-state index >= 15 is 0 Å². The summed E-state index contributed by atoms with van der Waals surface area (Å²) in [7, 11) is -4.00. The van der Waals surface area contributed by atoms with Gasteiger partial charge in [-0.3, -0.25) is 4.72 Å². The highest BCUT2D eigenvalue weighted by Crippen LogP contribution is 2.30. The average molecular weight is 374 g/mol. The third-order valence-electron chi connectivity index (χ3n) is 2.81. The van der Waals surface area contributed by atoms with Gasteiger partial charge in [0.15, 0.2) is 0 Å². The third kappa shape index (κ3) is 4.16. The first-order valence-electron chi connectivity index (χ1n) is 6.59. The molecule has 8 heteroatoms. The van der Waals surface area contributed by atoms with Crippen molar-refractivity contribution in [1.82, 2.24) is 0 Å². The Morgan fingerprint density at radius 1 is 1.13 bits per heavy atom. The number of rotatable bonds is 5. The summed E-state index contributed by atoms with van der Waals surface area (Å²) in [4.78, 5) is 11.5. The fourth-order valence-corrected chi connectivity index (χ4v) is 4.07. The summed E-state index contributed by atoms with van der Waals surface area (Å²) in [6.07, 6.45) is 0. The van der Waals surface area contributed by atoms with Crippen LogP contribution >= 0.6 is 23.2 Å². The van der Waals surface area contributed by atoms with Gasteiger partial charge in [0.2, 0.25) is 0 Å². The van der Waals surface area contributed by atoms with Gasteiger partial charge >= 0.3 is 5.97 Å². The van der Waals surface area contributed by atoms with Gasteiger partial charge in [0.05, 0.1) is 22.2 Å². The number of carbonyl (C=O) groups excluding carboxylic acids is 1. The fourth-order valence-electron chi connectivity index (χ4n) is 1.87. The molecule has 122 valence electrons. The minimum Gasteiger partial charge on any atom is -0.462 e. The van der Waals surface area contributed by atoms with E-state index in [9.17, 15) is 13.2 Å². The van der Waals surface area contributed by atoms with Gasteiger partial charge in [0, 0.05) is 5.69 Å². The number of anilines is 1. The number of halogens is 2. The summed E-state index contributed by atoms with van der Waals surface area (Å²) in [5, 5.41) is 0.0121. The summed E-state index contributed by atoms with van der Waals surface area (Å²) in [6, 6.07) is 10.3. The number of hydrogen-bond donors (Lipinski definition) is 1. The quantitative estimate of drug-likeness (QED) is 0.804. The fraction of sp³-hybridized carbons (Fsp3) is 0.133. The van der Waals surface area contributed by atoms with Crippen LogP contribution in [-0.4, -0.2) is 21.0 Å². The Labute approximate surface area is 144 Å². The molecule has 0 aliphatic carbocycles. The van der Waals surface area contributed by atoms with Crippen molar-refractivity contribution in [2.45, 2.75) is 11.8 Å². The van der Waals surface area contributed by atoms with Crippen molar-refractivity contribution >= 4 is 44.9 Å². The van der Waals surface area contributed by atoms with E-state index in [2.05, 4.69) is 4.72 Å². The molecule has 0 radical (unpaired) electrons. The molecule has 0 saturated heterocycles. The van der Waals surface area contributed by atoms with Crippen LogP contribution in [-0.2, 0) is 14.8 Å². The second-order valence-electron chi connectivity index (χ2n) is 4.46. The molecule has 0 aliphatic heterocycles. The van der Waals surface area contributed by atoms with Crippen molar-refractivity contribution < 1.29 is 17.9 Å². The first-order chi connectivity index (χ1) is 10.8. The molecule has 5 nitrogen and oxygen atoms in total. The highest BCUT2D eigenvalue weighted by molar-refractivity contribution is 7.93. The molecule has 0 saturated carbocycles. The monoisotopic (exact) mass is 373 g/mol. The maximum Gasteiger partial charge on any atom is 0.338 e. The zero-order valence-electron chi connectivity index (χ0n) is 12.0. The lowest BCUT2D eigenvalue weighted by Gasteiger charge is -2.11. The van der Waals surface area contributed by atoms with Crippen LogP contribution in [0.3, 0.4) is 0 Å². The van der Waals surface area contributed by atoms with Crippen LogP contribution in [0.25, 0.3) is 0 Å². The minimum absolute atomic E-state index is 0.00606. The van der Waals surface area contributed by atoms with Crippen LogP contribution in [0, 0.1) is 0 Å². The van der Waals surface area contributed by atoms with Gasteiger partial charge in [0.25, 0.3) is 10.0 Å². The second-order valence-corrected chi connectivity index (χ2v) is 6.89. The SMILES string of the molecule is CCOC(=O)c1cccc(NS(=O)(=O)c2c(Cl)cccc2Cl)c1. The van der Waals surface area contributed by atoms with Crippen LogP contribution in [0.15, 0.2) is 47.4 Å². The van der Waals surface area contributed by atoms with E-state index in [1.807, 2.05) is 0 Å². The molecule has 23 heavy (non-hydrogen) atoms. The standard InChI is InChI=1S/C15H13Cl2NO4S/c1-2-22-15(19)10-5-3-6-11(9-10)18-23(20,21)14-12(16)7-4-8-13(14)17/h3-9,18H,2H2,1H3. The number of ether oxygens (including phenoxy) is 1. The lowest BCUT2D eigenvalue weighted by Crippen LogP contribution is -2.14. The Bertz CT molecular complexity index is 817. The molecule has 0 atom stereocenters. The number of esters is 1. The van der Waals surface area contributed by atoms with Crippen molar-refractivity contribution in [3.63, 3.8) is 0 Å². The summed E-state index contributed by atoms with van der Waals surface area (Å²) >= 11 is 11.9. The predicted octanol–water partition coefficient (Wildman–Crippen LogP) is 3.97. The van der Waals surface area contributed by atoms with Gasteiger partial charge in [-0.1, -0.05) is 35.3 Å². The maximum absolute atomic E-state index is 12.5. The lowest BCUT2D eigenvalue weighted by molar-refractivity contribution is 0.0526. The first-order valence-corrected chi connectivity index (χ1v) is 8.83. The number of benzene rings is 2. The number of hydrogen-bond acceptors (Lipinski definition) is 4. The van der Waals surface area contributed by atoms with Crippen molar-refractivity contribution in [3.8, 4) is 0 Å². The van der Waals surface area contributed by atoms with Gasteiger partial charge in [-0.25, -0.2) is 13.2 Å². The minimum atomic E-state index is -4.00. The van der Waals surface area contributed by atoms with Crippen LogP contribution < -0.4 is 4.72 Å². The summed E-state index contributed by atoms with van der Waals surface area (Å²) in [6.45, 7) is 1.91. The van der Waals surface area contributed by atoms with Crippen molar-refractivity contribution in [2.75, 3.05) is 11.3 Å². The molecule has 0 aliphatic rings. The molecule has 2 aromatic rings. The van der Waals surface area contributed by atoms with E-state index in [1.54, 1.807) is 13.0 Å². The van der Waals surface area contributed by atoms with Crippen LogP contribution in [0.4, 0.5) is 5.69 Å². The summed E-state index contributed by atoms with van der Waals surface area (Å²) < 4.78 is 32.1. The van der Waals surface area contributed by atoms with Crippen molar-refractivity contribution in [3.05, 3.63) is 58.1 Å². The molecular formula is C15H13Cl2NO4S. The highest BCUT2D eigenvalue weighted by atomic mass is 35.5. The number of sulfonamides is 1. The van der Waals surface area contributed by atoms with E-state index in [0.717, 1.165) is 0 Å². The van der Waals surface area contributed by atoms with E-state index < -0.39 is 16.0 Å². The summed E-state index contributed by atoms with van der Waals surface area (Å²) in [5.74, 6) is -0.538. The molecule has 0 heterocycles. The maximum atomic E-state index is 12.5. The van der Waals surface area contributed by atoms with Crippen LogP contribution in [0.5, 0.6) is 0 Å². The smallest absolute Gasteiger partial charge is 0.338 e. The van der Waals surface area contributed by atoms with Gasteiger partial charge in [-0.2, -0.15) is 0 Å². The second kappa shape index (κ2) is 7.21. The van der Waals surface area contributed by atoms with E-state index in [4.69, 9.17) is 27.9 Å². The molecule has 0 bridgehead atoms. The zero-order valence-corrected chi connectivity index (χ0v) is 14.4. The Hall–Kier alpha value is -1.76. The molecule has 0 amide bonds. The molecule has 0 fully saturated rings. The molecular weight excluding hydrogens is 361 g/mol. The van der Waals surface area contributed by atoms with Crippen molar-refractivity contribution in [1.29, 1.82) is 0 Å². The molecule has 0 spiro atoms. The predicted molar refractivity (Wildman–Crippen MR) is 89.7 cm³/mol. The van der Waals surface area contributed by atoms with Crippen molar-refractivity contribution in [2.24, 2.45) is 0 Å². The number of carbonyl (C=O) groups is 1. The van der Waals surface area contributed by atoms with Gasteiger partial charge < -0.3 is 4.74 Å². The molecule has 1 N–H and O–H groups in total. The average Bonchev–Trinajstić information content (AvgIpc) is 2.46. The summed E-state index contributed by atoms with van der Waals surface area (Å²) in [5.41, 5.74) is 0.434. The highest BCUT2D eigenvalue weighted by Gasteiger charge is 2.22. The molecule has 0 aromatic heterocycles. The zero-order chi connectivity index (χ0) is 17.0. The van der Waals surface area contributed by atoms with Gasteiger partial charge in [0.1, 0.15) is 4.90 Å². The number of nitrogens with one attached hydrogen (secondary N) is 1. The van der Waals surface area contributed by atoms with E-state index in [0.29, 0.717) is 0 Å². The van der Waals surface area contributed by atoms with Gasteiger partial charge in [-0.05, 0) is 37.3 Å². The Morgan fingerprint density at radius 2 is 1.74 bits per heavy atom. The van der Waals surface area contributed by atoms with Crippen LogP contribution in [0.2, 0.25) is 10.0 Å². The molecule has 2 aromatic carbocycles. The Morgan fingerprint density at radius 3 is 2.35 bits per heavy atom. The Kier molecular flexibility index (Phi) is 5.51. The largest absolute Gasteiger partial charge is 0.462 e. The van der Waals surface area contributed by atoms with E-state index in [1.165, 1.54) is 36.4 Å². The first kappa shape index (κ1) is 17.6. The lowest BCUT2D eigenvalue weighted by atomic mass is 10.2. The third-order valence-corrected chi connectivity index (χ3v) is 5.15. The normalized spacial score (nSPS) is 11.1. The van der Waals surface area contributed by atoms with E-state index in [-0.39, 0.29) is 32.8 Å². The topological polar surface area (TPSA) is 72.5 Å². The van der Waals surface area contributed by atoms with Crippen LogP contribution in [0.1, 0.15) is 17.3 Å². The molecule has 2 rings (SSSR count).